The number of aromatic nitrogens is 5. The van der Waals surface area contributed by atoms with Crippen molar-refractivity contribution < 1.29 is 18.3 Å². The molecule has 0 aliphatic carbocycles. The Balaban J connectivity index is 1.16. The molecule has 0 fully saturated rings. The predicted octanol–water partition coefficient (Wildman–Crippen LogP) is 3.70. The molecule has 5 N–H and O–H groups in total. The summed E-state index contributed by atoms with van der Waals surface area (Å²) in [4.78, 5) is 12.7. The van der Waals surface area contributed by atoms with Crippen LogP contribution < -0.4 is 15.4 Å². The number of hydrogen-bond donors (Lipinski definition) is 5. The number of amides is 1. The van der Waals surface area contributed by atoms with Crippen molar-refractivity contribution >= 4 is 38.5 Å². The first-order chi connectivity index (χ1) is 20.1. The van der Waals surface area contributed by atoms with E-state index in [1.54, 1.807) is 48.5 Å². The van der Waals surface area contributed by atoms with Gasteiger partial charge in [-0.2, -0.15) is 5.21 Å². The SMILES string of the molecule is CC(C)(CCn1ccc2cc(C(=O)Nc3nn[nH]n3)ccc21)NC[C@H](O)c1cccc(NS(=O)(=O)c2ccccc2)c1. The van der Waals surface area contributed by atoms with Crippen LogP contribution in [-0.4, -0.2) is 56.7 Å². The quantitative estimate of drug-likeness (QED) is 0.147. The van der Waals surface area contributed by atoms with Gasteiger partial charge in [-0.05, 0) is 79.6 Å². The standard InChI is InChI=1S/C29H32N8O4S/c1-29(2,14-16-37-15-13-20-17-22(11-12-25(20)37)27(39)31-28-32-35-36-33-28)30-19-26(38)21-7-6-8-23(18-21)34-42(40,41)24-9-4-3-5-10-24/h3-13,15,17-18,26,30,34,38H,14,16,19H2,1-2H3,(H2,31,32,33,35,36,39)/t26-/m0/s1. The lowest BCUT2D eigenvalue weighted by Gasteiger charge is -2.28. The number of aryl methyl sites for hydroxylation is 1. The Bertz CT molecular complexity index is 1770. The van der Waals surface area contributed by atoms with Gasteiger partial charge < -0.3 is 15.0 Å². The fourth-order valence-electron chi connectivity index (χ4n) is 4.53. The Morgan fingerprint density at radius 1 is 1.05 bits per heavy atom. The summed E-state index contributed by atoms with van der Waals surface area (Å²) in [6.45, 7) is 5.13. The number of β-amino-alcohol motifs (C(OH)–C–C–N with tert-alkyl or cyclic N) is 1. The Hall–Kier alpha value is -4.59. The van der Waals surface area contributed by atoms with Gasteiger partial charge in [0.1, 0.15) is 0 Å². The maximum Gasteiger partial charge on any atom is 0.270 e. The van der Waals surface area contributed by atoms with Crippen LogP contribution in [-0.2, 0) is 16.6 Å². The van der Waals surface area contributed by atoms with Crippen LogP contribution in [0.3, 0.4) is 0 Å². The molecule has 1 amide bonds. The zero-order valence-electron chi connectivity index (χ0n) is 23.2. The van der Waals surface area contributed by atoms with Crippen molar-refractivity contribution in [2.75, 3.05) is 16.6 Å². The second kappa shape index (κ2) is 12.1. The maximum absolute atomic E-state index is 12.7. The third kappa shape index (κ3) is 7.00. The second-order valence-electron chi connectivity index (χ2n) is 10.5. The molecular formula is C29H32N8O4S. The number of fused-ring (bicyclic) bond motifs is 1. The number of sulfonamides is 1. The van der Waals surface area contributed by atoms with Crippen molar-refractivity contribution in [2.45, 2.75) is 43.4 Å². The molecular weight excluding hydrogens is 556 g/mol. The summed E-state index contributed by atoms with van der Waals surface area (Å²) in [5, 5.41) is 31.0. The minimum absolute atomic E-state index is 0.109. The molecule has 0 saturated heterocycles. The molecule has 0 saturated carbocycles. The van der Waals surface area contributed by atoms with Crippen molar-refractivity contribution in [3.8, 4) is 0 Å². The first-order valence-corrected chi connectivity index (χ1v) is 14.8. The smallest absolute Gasteiger partial charge is 0.270 e. The Kier molecular flexibility index (Phi) is 8.34. The van der Waals surface area contributed by atoms with Crippen LogP contribution in [0.2, 0.25) is 0 Å². The number of tetrazole rings is 1. The number of benzene rings is 3. The van der Waals surface area contributed by atoms with Crippen LogP contribution in [0.5, 0.6) is 0 Å². The number of hydrogen-bond acceptors (Lipinski definition) is 8. The molecule has 0 bridgehead atoms. The minimum atomic E-state index is -3.73. The normalized spacial score (nSPS) is 12.7. The molecule has 3 aromatic carbocycles. The number of aliphatic hydroxyl groups excluding tert-OH is 1. The second-order valence-corrected chi connectivity index (χ2v) is 12.2. The van der Waals surface area contributed by atoms with E-state index in [9.17, 15) is 18.3 Å². The Morgan fingerprint density at radius 2 is 1.86 bits per heavy atom. The molecule has 0 radical (unpaired) electrons. The van der Waals surface area contributed by atoms with Gasteiger partial charge in [0.15, 0.2) is 0 Å². The summed E-state index contributed by atoms with van der Waals surface area (Å²) >= 11 is 0. The molecule has 42 heavy (non-hydrogen) atoms. The molecule has 2 aromatic heterocycles. The van der Waals surface area contributed by atoms with Crippen LogP contribution >= 0.6 is 0 Å². The van der Waals surface area contributed by atoms with E-state index < -0.39 is 16.1 Å². The van der Waals surface area contributed by atoms with Gasteiger partial charge >= 0.3 is 0 Å². The topological polar surface area (TPSA) is 167 Å². The number of H-pyrrole nitrogens is 1. The average Bonchev–Trinajstić information content (AvgIpc) is 3.65. The first kappa shape index (κ1) is 28.9. The number of anilines is 2. The number of rotatable bonds is 12. The van der Waals surface area contributed by atoms with Crippen molar-refractivity contribution in [2.24, 2.45) is 0 Å². The van der Waals surface area contributed by atoms with Crippen molar-refractivity contribution in [1.82, 2.24) is 30.5 Å². The van der Waals surface area contributed by atoms with E-state index in [4.69, 9.17) is 0 Å². The maximum atomic E-state index is 12.7. The number of aromatic amines is 1. The fraction of sp³-hybridized carbons (Fsp3) is 0.241. The monoisotopic (exact) mass is 588 g/mol. The van der Waals surface area contributed by atoms with Crippen LogP contribution in [0, 0.1) is 0 Å². The molecule has 218 valence electrons. The van der Waals surface area contributed by atoms with E-state index in [1.165, 1.54) is 12.1 Å². The summed E-state index contributed by atoms with van der Waals surface area (Å²) in [5.74, 6) is -0.216. The van der Waals surface area contributed by atoms with Crippen molar-refractivity contribution in [3.05, 3.63) is 96.2 Å². The van der Waals surface area contributed by atoms with Crippen molar-refractivity contribution in [3.63, 3.8) is 0 Å². The summed E-state index contributed by atoms with van der Waals surface area (Å²) in [6, 6.07) is 22.3. The zero-order chi connectivity index (χ0) is 29.7. The van der Waals surface area contributed by atoms with Gasteiger partial charge in [0.2, 0.25) is 0 Å². The summed E-state index contributed by atoms with van der Waals surface area (Å²) in [7, 11) is -3.73. The average molecular weight is 589 g/mol. The minimum Gasteiger partial charge on any atom is -0.387 e. The lowest BCUT2D eigenvalue weighted by molar-refractivity contribution is 0.102. The van der Waals surface area contributed by atoms with E-state index >= 15 is 0 Å². The van der Waals surface area contributed by atoms with E-state index in [-0.39, 0.29) is 28.8 Å². The highest BCUT2D eigenvalue weighted by Crippen LogP contribution is 2.23. The highest BCUT2D eigenvalue weighted by molar-refractivity contribution is 7.92. The zero-order valence-corrected chi connectivity index (χ0v) is 24.0. The predicted molar refractivity (Wildman–Crippen MR) is 159 cm³/mol. The molecule has 0 aliphatic heterocycles. The number of carbonyl (C=O) groups is 1. The van der Waals surface area contributed by atoms with E-state index in [1.807, 2.05) is 24.4 Å². The van der Waals surface area contributed by atoms with Crippen LogP contribution in [0.1, 0.15) is 42.3 Å². The number of aliphatic hydroxyl groups is 1. The van der Waals surface area contributed by atoms with Crippen LogP contribution in [0.4, 0.5) is 11.6 Å². The molecule has 0 spiro atoms. The summed E-state index contributed by atoms with van der Waals surface area (Å²) < 4.78 is 30.1. The number of carbonyl (C=O) groups excluding carboxylic acids is 1. The number of nitrogens with zero attached hydrogens (tertiary/aromatic N) is 4. The van der Waals surface area contributed by atoms with Gasteiger partial charge in [-0.3, -0.25) is 14.8 Å². The molecule has 1 atom stereocenters. The largest absolute Gasteiger partial charge is 0.387 e. The van der Waals surface area contributed by atoms with Gasteiger partial charge in [0.25, 0.3) is 21.9 Å². The summed E-state index contributed by atoms with van der Waals surface area (Å²) in [5.41, 5.74) is 2.15. The Labute approximate surface area is 243 Å². The number of nitrogens with one attached hydrogen (secondary N) is 4. The lowest BCUT2D eigenvalue weighted by atomic mass is 9.99. The van der Waals surface area contributed by atoms with Crippen molar-refractivity contribution in [1.29, 1.82) is 0 Å². The van der Waals surface area contributed by atoms with Crippen LogP contribution in [0.25, 0.3) is 10.9 Å². The Morgan fingerprint density at radius 3 is 2.62 bits per heavy atom. The molecule has 0 aliphatic rings. The molecule has 5 rings (SSSR count). The van der Waals surface area contributed by atoms with E-state index in [0.29, 0.717) is 23.4 Å². The van der Waals surface area contributed by atoms with E-state index in [2.05, 4.69) is 54.4 Å². The molecule has 13 heteroatoms. The first-order valence-electron chi connectivity index (χ1n) is 13.3. The molecule has 2 heterocycles. The fourth-order valence-corrected chi connectivity index (χ4v) is 5.60. The lowest BCUT2D eigenvalue weighted by Crippen LogP contribution is -2.42. The third-order valence-corrected chi connectivity index (χ3v) is 8.33. The highest BCUT2D eigenvalue weighted by Gasteiger charge is 2.21. The van der Waals surface area contributed by atoms with Gasteiger partial charge in [-0.25, -0.2) is 8.42 Å². The molecule has 0 unspecified atom stereocenters. The molecule has 5 aromatic rings. The summed E-state index contributed by atoms with van der Waals surface area (Å²) in [6.07, 6.45) is 1.91. The van der Waals surface area contributed by atoms with Gasteiger partial charge in [-0.1, -0.05) is 35.4 Å². The highest BCUT2D eigenvalue weighted by atomic mass is 32.2. The van der Waals surface area contributed by atoms with Crippen LogP contribution in [0.15, 0.2) is 90.0 Å². The van der Waals surface area contributed by atoms with E-state index in [0.717, 1.165) is 17.3 Å². The molecule has 12 nitrogen and oxygen atoms in total. The van der Waals surface area contributed by atoms with Gasteiger partial charge in [0.05, 0.1) is 11.0 Å². The van der Waals surface area contributed by atoms with Gasteiger partial charge in [-0.15, -0.1) is 5.10 Å². The third-order valence-electron chi connectivity index (χ3n) is 6.93. The van der Waals surface area contributed by atoms with Gasteiger partial charge in [0, 0.05) is 47.0 Å².